The lowest BCUT2D eigenvalue weighted by Crippen LogP contribution is -2.41. The van der Waals surface area contributed by atoms with Gasteiger partial charge in [-0.3, -0.25) is 9.59 Å². The summed E-state index contributed by atoms with van der Waals surface area (Å²) in [6.45, 7) is 16.5. The van der Waals surface area contributed by atoms with Gasteiger partial charge in [0.25, 0.3) is 0 Å². The standard InChI is InChI=1S/C41H44N6O6/c1-23-20-24(2)36(25(3)21-23)53-40(50)34-32(27-14-9-7-10-15-27)29(44-37(34)46-39(49)26(4)43-41(51)52-6)22-30-33(28-16-11-8-12-17-28)35(42-5)38(45-30)47-19-13-18-31(47)48/h7-12,14-17,22-26,36,44H,13,18-21H2,1-4,6H3,(H,43,51)(H,46,49). The van der Waals surface area contributed by atoms with Crippen molar-refractivity contribution in [2.75, 3.05) is 19.0 Å². The molecule has 0 radical (unpaired) electrons. The quantitative estimate of drug-likeness (QED) is 0.165. The van der Waals surface area contributed by atoms with Crippen molar-refractivity contribution in [1.29, 1.82) is 0 Å². The second kappa shape index (κ2) is 15.7. The van der Waals surface area contributed by atoms with E-state index in [1.807, 2.05) is 60.7 Å². The van der Waals surface area contributed by atoms with Crippen LogP contribution in [0.1, 0.15) is 75.0 Å². The molecule has 2 fully saturated rings. The second-order valence-corrected chi connectivity index (χ2v) is 14.1. The number of aliphatic imine (C=N–C) groups is 1. The normalized spacial score (nSPS) is 22.6. The Labute approximate surface area is 309 Å². The van der Waals surface area contributed by atoms with E-state index >= 15 is 0 Å². The number of benzene rings is 2. The van der Waals surface area contributed by atoms with Crippen molar-refractivity contribution in [3.63, 3.8) is 0 Å². The molecule has 3 N–H and O–H groups in total. The molecule has 3 heterocycles. The lowest BCUT2D eigenvalue weighted by molar-refractivity contribution is -0.124. The molecule has 3 atom stereocenters. The molecule has 3 amide bonds. The number of anilines is 1. The van der Waals surface area contributed by atoms with Gasteiger partial charge in [0, 0.05) is 24.1 Å². The van der Waals surface area contributed by atoms with Crippen LogP contribution in [0.25, 0.3) is 27.6 Å². The minimum absolute atomic E-state index is 0.0706. The third-order valence-corrected chi connectivity index (χ3v) is 10.1. The van der Waals surface area contributed by atoms with Crippen LogP contribution < -0.4 is 10.6 Å². The summed E-state index contributed by atoms with van der Waals surface area (Å²) in [5.41, 5.74) is 3.54. The number of likely N-dealkylation sites (tertiary alicyclic amines) is 1. The Bertz CT molecular complexity index is 2030. The highest BCUT2D eigenvalue weighted by Gasteiger charge is 2.38. The van der Waals surface area contributed by atoms with E-state index in [9.17, 15) is 19.2 Å². The van der Waals surface area contributed by atoms with Crippen LogP contribution in [0.5, 0.6) is 0 Å². The summed E-state index contributed by atoms with van der Waals surface area (Å²) < 4.78 is 11.0. The van der Waals surface area contributed by atoms with Crippen molar-refractivity contribution in [1.82, 2.24) is 15.2 Å². The molecule has 1 aromatic heterocycles. The number of allylic oxidation sites excluding steroid dienone is 1. The monoisotopic (exact) mass is 716 g/mol. The van der Waals surface area contributed by atoms with Gasteiger partial charge in [-0.1, -0.05) is 81.4 Å². The van der Waals surface area contributed by atoms with Crippen molar-refractivity contribution < 1.29 is 28.7 Å². The predicted molar refractivity (Wildman–Crippen MR) is 202 cm³/mol. The van der Waals surface area contributed by atoms with E-state index in [4.69, 9.17) is 16.3 Å². The van der Waals surface area contributed by atoms with E-state index in [-0.39, 0.29) is 46.8 Å². The number of carbonyl (C=O) groups excluding carboxylic acids is 4. The number of amides is 3. The van der Waals surface area contributed by atoms with Gasteiger partial charge in [-0.15, -0.1) is 0 Å². The molecule has 274 valence electrons. The molecule has 3 aromatic rings. The lowest BCUT2D eigenvalue weighted by atomic mass is 9.75. The fourth-order valence-corrected chi connectivity index (χ4v) is 7.73. The topological polar surface area (TPSA) is 147 Å². The Balaban J connectivity index is 1.55. The average Bonchev–Trinajstić information content (AvgIpc) is 3.84. The van der Waals surface area contributed by atoms with Gasteiger partial charge in [-0.2, -0.15) is 0 Å². The predicted octanol–water partition coefficient (Wildman–Crippen LogP) is 7.30. The van der Waals surface area contributed by atoms with Gasteiger partial charge >= 0.3 is 12.1 Å². The van der Waals surface area contributed by atoms with Crippen LogP contribution in [0.4, 0.5) is 10.6 Å². The zero-order valence-electron chi connectivity index (χ0n) is 30.6. The first-order valence-electron chi connectivity index (χ1n) is 18.0. The van der Waals surface area contributed by atoms with Gasteiger partial charge in [0.15, 0.2) is 0 Å². The number of ether oxygens (including phenoxy) is 2. The number of aromatic nitrogens is 1. The molecule has 1 saturated carbocycles. The molecule has 2 aromatic carbocycles. The van der Waals surface area contributed by atoms with Gasteiger partial charge in [0.05, 0.1) is 25.1 Å². The van der Waals surface area contributed by atoms with E-state index in [0.29, 0.717) is 53.4 Å². The van der Waals surface area contributed by atoms with E-state index in [1.54, 1.807) is 11.0 Å². The van der Waals surface area contributed by atoms with Gasteiger partial charge in [-0.25, -0.2) is 19.4 Å². The van der Waals surface area contributed by atoms with Gasteiger partial charge in [-0.05, 0) is 61.1 Å². The fourth-order valence-electron chi connectivity index (χ4n) is 7.73. The molecular weight excluding hydrogens is 672 g/mol. The molecule has 0 bridgehead atoms. The van der Waals surface area contributed by atoms with E-state index in [0.717, 1.165) is 18.4 Å². The fraction of sp³-hybridized carbons (Fsp3) is 0.366. The molecule has 3 aliphatic rings. The molecule has 12 heteroatoms. The third kappa shape index (κ3) is 7.65. The number of methoxy groups -OCH3 is 1. The van der Waals surface area contributed by atoms with Crippen LogP contribution in [0.2, 0.25) is 0 Å². The highest BCUT2D eigenvalue weighted by Crippen LogP contribution is 2.42. The van der Waals surface area contributed by atoms with E-state index in [1.165, 1.54) is 14.0 Å². The summed E-state index contributed by atoms with van der Waals surface area (Å²) in [5.74, 6) is -0.242. The minimum atomic E-state index is -1.02. The van der Waals surface area contributed by atoms with Crippen molar-refractivity contribution in [3.05, 3.63) is 100 Å². The van der Waals surface area contributed by atoms with E-state index in [2.05, 4.69) is 46.0 Å². The summed E-state index contributed by atoms with van der Waals surface area (Å²) in [4.78, 5) is 66.6. The summed E-state index contributed by atoms with van der Waals surface area (Å²) in [6.07, 6.45) is 3.45. The number of nitrogens with zero attached hydrogens (tertiary/aromatic N) is 3. The number of esters is 1. The maximum Gasteiger partial charge on any atom is 0.407 e. The summed E-state index contributed by atoms with van der Waals surface area (Å²) in [5, 5.41) is 5.28. The van der Waals surface area contributed by atoms with Gasteiger partial charge in [0.1, 0.15) is 29.4 Å². The number of aromatic amines is 1. The van der Waals surface area contributed by atoms with Crippen molar-refractivity contribution in [2.45, 2.75) is 65.5 Å². The Morgan fingerprint density at radius 2 is 1.66 bits per heavy atom. The molecule has 1 saturated heterocycles. The van der Waals surface area contributed by atoms with Crippen LogP contribution in [0, 0.1) is 24.3 Å². The first-order valence-corrected chi connectivity index (χ1v) is 18.0. The molecule has 6 rings (SSSR count). The number of nitrogens with one attached hydrogen (secondary N) is 3. The number of hydrogen-bond acceptors (Lipinski definition) is 7. The third-order valence-electron chi connectivity index (χ3n) is 10.1. The maximum absolute atomic E-state index is 14.5. The molecule has 1 aliphatic carbocycles. The van der Waals surface area contributed by atoms with Gasteiger partial charge in [0.2, 0.25) is 17.5 Å². The van der Waals surface area contributed by atoms with Crippen LogP contribution >= 0.6 is 0 Å². The highest BCUT2D eigenvalue weighted by atomic mass is 16.5. The summed E-state index contributed by atoms with van der Waals surface area (Å²) in [7, 11) is 1.20. The number of H-pyrrole nitrogens is 1. The largest absolute Gasteiger partial charge is 0.458 e. The number of hydrogen-bond donors (Lipinski definition) is 3. The Morgan fingerprint density at radius 1 is 1.02 bits per heavy atom. The molecule has 3 unspecified atom stereocenters. The number of amidine groups is 1. The lowest BCUT2D eigenvalue weighted by Gasteiger charge is -2.37. The Kier molecular flexibility index (Phi) is 10.9. The Hall–Kier alpha value is -5.96. The smallest absolute Gasteiger partial charge is 0.407 e. The number of rotatable bonds is 8. The average molecular weight is 717 g/mol. The van der Waals surface area contributed by atoms with Crippen molar-refractivity contribution in [3.8, 4) is 11.1 Å². The molecule has 53 heavy (non-hydrogen) atoms. The highest BCUT2D eigenvalue weighted by molar-refractivity contribution is 6.20. The molecule has 2 aliphatic heterocycles. The van der Waals surface area contributed by atoms with E-state index < -0.39 is 24.0 Å². The first kappa shape index (κ1) is 36.8. The van der Waals surface area contributed by atoms with Crippen LogP contribution in [0.3, 0.4) is 0 Å². The van der Waals surface area contributed by atoms with Crippen molar-refractivity contribution >= 4 is 47.2 Å². The number of carbonyl (C=O) groups is 4. The van der Waals surface area contributed by atoms with Crippen LogP contribution in [-0.4, -0.2) is 65.4 Å². The minimum Gasteiger partial charge on any atom is -0.458 e. The van der Waals surface area contributed by atoms with Crippen LogP contribution in [0.15, 0.2) is 77.1 Å². The molecule has 12 nitrogen and oxygen atoms in total. The summed E-state index contributed by atoms with van der Waals surface area (Å²) >= 11 is 0. The Morgan fingerprint density at radius 3 is 2.25 bits per heavy atom. The van der Waals surface area contributed by atoms with Crippen molar-refractivity contribution in [2.24, 2.45) is 22.7 Å². The SMILES string of the molecule is [C-]#[N+]C1=C(c2ccccc2)C(=Cc2[nH]c(NC(=O)C(C)NC(=O)OC)c(C(=O)OC3C(C)CC(C)CC3C)c2-c2ccccc2)N=C1N1CCCC1=O. The molecule has 0 spiro atoms. The summed E-state index contributed by atoms with van der Waals surface area (Å²) in [6, 6.07) is 17.6. The second-order valence-electron chi connectivity index (χ2n) is 14.1. The van der Waals surface area contributed by atoms with Gasteiger partial charge < -0.3 is 30.0 Å². The first-order chi connectivity index (χ1) is 25.5. The maximum atomic E-state index is 14.5. The zero-order chi connectivity index (χ0) is 37.8. The number of alkyl carbamates (subject to hydrolysis) is 1. The zero-order valence-corrected chi connectivity index (χ0v) is 30.6. The molecular formula is C41H44N6O6. The van der Waals surface area contributed by atoms with Crippen LogP contribution in [-0.2, 0) is 19.1 Å².